The third kappa shape index (κ3) is 3.74. The molecule has 1 heterocycles. The Hall–Kier alpha value is -0.450. The highest BCUT2D eigenvalue weighted by atomic mass is 32.1. The van der Waals surface area contributed by atoms with Crippen LogP contribution in [0, 0.1) is 12.8 Å². The maximum Gasteiger partial charge on any atom is 0.0798 e. The van der Waals surface area contributed by atoms with Gasteiger partial charge in [-0.2, -0.15) is 0 Å². The number of methoxy groups -OCH3 is 1. The summed E-state index contributed by atoms with van der Waals surface area (Å²) in [5.41, 5.74) is 3.03. The number of aromatic nitrogens is 1. The van der Waals surface area contributed by atoms with Gasteiger partial charge in [0.2, 0.25) is 0 Å². The van der Waals surface area contributed by atoms with E-state index in [-0.39, 0.29) is 0 Å². The van der Waals surface area contributed by atoms with Gasteiger partial charge in [-0.25, -0.2) is 4.98 Å². The number of nitrogens with one attached hydrogen (secondary N) is 1. The molecule has 0 spiro atoms. The molecule has 1 rings (SSSR count). The second-order valence-corrected chi connectivity index (χ2v) is 4.49. The zero-order valence-corrected chi connectivity index (χ0v) is 9.86. The Balaban J connectivity index is 2.19. The first-order chi connectivity index (χ1) is 6.74. The lowest BCUT2D eigenvalue weighted by Gasteiger charge is -2.10. The van der Waals surface area contributed by atoms with E-state index in [1.807, 2.05) is 12.4 Å². The normalized spacial score (nSPS) is 13.1. The Kier molecular flexibility index (Phi) is 5.07. The lowest BCUT2D eigenvalue weighted by atomic mass is 10.2. The standard InChI is InChI=1S/C10H18N2OS/c1-8(6-13-3)4-11-5-10-9(2)12-7-14-10/h7-8,11H,4-6H2,1-3H3. The zero-order valence-electron chi connectivity index (χ0n) is 9.04. The van der Waals surface area contributed by atoms with E-state index in [1.54, 1.807) is 18.4 Å². The Morgan fingerprint density at radius 2 is 2.43 bits per heavy atom. The molecule has 4 heteroatoms. The summed E-state index contributed by atoms with van der Waals surface area (Å²) in [7, 11) is 1.74. The summed E-state index contributed by atoms with van der Waals surface area (Å²) in [6, 6.07) is 0. The van der Waals surface area contributed by atoms with Crippen LogP contribution in [-0.4, -0.2) is 25.2 Å². The molecule has 1 N–H and O–H groups in total. The van der Waals surface area contributed by atoms with Crippen LogP contribution >= 0.6 is 11.3 Å². The van der Waals surface area contributed by atoms with E-state index in [4.69, 9.17) is 4.74 Å². The molecular weight excluding hydrogens is 196 g/mol. The minimum absolute atomic E-state index is 0.563. The van der Waals surface area contributed by atoms with Crippen molar-refractivity contribution in [1.82, 2.24) is 10.3 Å². The molecule has 1 atom stereocenters. The van der Waals surface area contributed by atoms with Crippen molar-refractivity contribution in [1.29, 1.82) is 0 Å². The summed E-state index contributed by atoms with van der Waals surface area (Å²) in [6.45, 7) is 6.95. The quantitative estimate of drug-likeness (QED) is 0.784. The van der Waals surface area contributed by atoms with Crippen LogP contribution in [0.15, 0.2) is 5.51 Å². The summed E-state index contributed by atoms with van der Waals surface area (Å²) in [4.78, 5) is 5.53. The SMILES string of the molecule is COCC(C)CNCc1scnc1C. The molecule has 14 heavy (non-hydrogen) atoms. The molecule has 0 radical (unpaired) electrons. The second-order valence-electron chi connectivity index (χ2n) is 3.55. The van der Waals surface area contributed by atoms with Crippen LogP contribution in [-0.2, 0) is 11.3 Å². The van der Waals surface area contributed by atoms with Gasteiger partial charge in [0.1, 0.15) is 0 Å². The van der Waals surface area contributed by atoms with Crippen molar-refractivity contribution in [2.75, 3.05) is 20.3 Å². The van der Waals surface area contributed by atoms with Crippen molar-refractivity contribution in [3.05, 3.63) is 16.1 Å². The van der Waals surface area contributed by atoms with Crippen LogP contribution in [0.25, 0.3) is 0 Å². The van der Waals surface area contributed by atoms with Crippen molar-refractivity contribution in [3.8, 4) is 0 Å². The molecule has 0 aliphatic heterocycles. The van der Waals surface area contributed by atoms with Crippen LogP contribution in [0.4, 0.5) is 0 Å². The Bertz CT molecular complexity index is 262. The summed E-state index contributed by atoms with van der Waals surface area (Å²) < 4.78 is 5.07. The average Bonchev–Trinajstić information content (AvgIpc) is 2.52. The zero-order chi connectivity index (χ0) is 10.4. The fraction of sp³-hybridized carbons (Fsp3) is 0.700. The number of ether oxygens (including phenoxy) is 1. The monoisotopic (exact) mass is 214 g/mol. The predicted molar refractivity (Wildman–Crippen MR) is 59.6 cm³/mol. The van der Waals surface area contributed by atoms with Crippen molar-refractivity contribution in [2.45, 2.75) is 20.4 Å². The number of rotatable bonds is 6. The summed E-state index contributed by atoms with van der Waals surface area (Å²) in [5.74, 6) is 0.563. The largest absolute Gasteiger partial charge is 0.384 e. The molecule has 0 saturated heterocycles. The minimum Gasteiger partial charge on any atom is -0.384 e. The molecule has 0 aromatic carbocycles. The summed E-state index contributed by atoms with van der Waals surface area (Å²) in [6.07, 6.45) is 0. The molecule has 0 bridgehead atoms. The average molecular weight is 214 g/mol. The van der Waals surface area contributed by atoms with E-state index in [9.17, 15) is 0 Å². The Morgan fingerprint density at radius 1 is 1.64 bits per heavy atom. The van der Waals surface area contributed by atoms with E-state index in [0.717, 1.165) is 25.4 Å². The lowest BCUT2D eigenvalue weighted by molar-refractivity contribution is 0.158. The molecule has 0 aliphatic carbocycles. The van der Waals surface area contributed by atoms with Crippen LogP contribution in [0.2, 0.25) is 0 Å². The van der Waals surface area contributed by atoms with Gasteiger partial charge in [-0.1, -0.05) is 6.92 Å². The van der Waals surface area contributed by atoms with Crippen molar-refractivity contribution >= 4 is 11.3 Å². The van der Waals surface area contributed by atoms with Crippen molar-refractivity contribution < 1.29 is 4.74 Å². The fourth-order valence-electron chi connectivity index (χ4n) is 1.27. The van der Waals surface area contributed by atoms with E-state index in [2.05, 4.69) is 17.2 Å². The fourth-order valence-corrected chi connectivity index (χ4v) is 2.02. The van der Waals surface area contributed by atoms with Gasteiger partial charge >= 0.3 is 0 Å². The maximum absolute atomic E-state index is 5.07. The van der Waals surface area contributed by atoms with E-state index in [0.29, 0.717) is 5.92 Å². The second kappa shape index (κ2) is 6.11. The van der Waals surface area contributed by atoms with Crippen LogP contribution in [0.1, 0.15) is 17.5 Å². The van der Waals surface area contributed by atoms with Crippen LogP contribution in [0.3, 0.4) is 0 Å². The highest BCUT2D eigenvalue weighted by molar-refractivity contribution is 7.09. The molecular formula is C10H18N2OS. The highest BCUT2D eigenvalue weighted by Gasteiger charge is 2.03. The molecule has 0 saturated carbocycles. The molecule has 1 unspecified atom stereocenters. The van der Waals surface area contributed by atoms with Gasteiger partial charge in [0.05, 0.1) is 11.2 Å². The number of nitrogens with zero attached hydrogens (tertiary/aromatic N) is 1. The third-order valence-corrected chi connectivity index (χ3v) is 3.01. The predicted octanol–water partition coefficient (Wildman–Crippen LogP) is 1.82. The molecule has 3 nitrogen and oxygen atoms in total. The number of thiazole rings is 1. The first-order valence-electron chi connectivity index (χ1n) is 4.82. The molecule has 0 aliphatic rings. The number of hydrogen-bond acceptors (Lipinski definition) is 4. The van der Waals surface area contributed by atoms with Gasteiger partial charge in [0.25, 0.3) is 0 Å². The van der Waals surface area contributed by atoms with Gasteiger partial charge < -0.3 is 10.1 Å². The van der Waals surface area contributed by atoms with E-state index in [1.165, 1.54) is 4.88 Å². The molecule has 0 amide bonds. The topological polar surface area (TPSA) is 34.1 Å². The lowest BCUT2D eigenvalue weighted by Crippen LogP contribution is -2.23. The third-order valence-electron chi connectivity index (χ3n) is 2.07. The van der Waals surface area contributed by atoms with Gasteiger partial charge in [0.15, 0.2) is 0 Å². The smallest absolute Gasteiger partial charge is 0.0798 e. The van der Waals surface area contributed by atoms with Gasteiger partial charge in [0, 0.05) is 31.7 Å². The highest BCUT2D eigenvalue weighted by Crippen LogP contribution is 2.11. The van der Waals surface area contributed by atoms with Crippen LogP contribution in [0.5, 0.6) is 0 Å². The molecule has 1 aromatic rings. The van der Waals surface area contributed by atoms with Crippen LogP contribution < -0.4 is 5.32 Å². The summed E-state index contributed by atoms with van der Waals surface area (Å²) >= 11 is 1.71. The van der Waals surface area contributed by atoms with Gasteiger partial charge in [-0.15, -0.1) is 11.3 Å². The van der Waals surface area contributed by atoms with Gasteiger partial charge in [-0.05, 0) is 12.8 Å². The maximum atomic E-state index is 5.07. The first-order valence-corrected chi connectivity index (χ1v) is 5.70. The van der Waals surface area contributed by atoms with E-state index >= 15 is 0 Å². The molecule has 80 valence electrons. The summed E-state index contributed by atoms with van der Waals surface area (Å²) in [5, 5.41) is 3.40. The Morgan fingerprint density at radius 3 is 3.00 bits per heavy atom. The minimum atomic E-state index is 0.563. The Labute approximate surface area is 89.5 Å². The molecule has 0 fully saturated rings. The van der Waals surface area contributed by atoms with E-state index < -0.39 is 0 Å². The number of hydrogen-bond donors (Lipinski definition) is 1. The van der Waals surface area contributed by atoms with Gasteiger partial charge in [-0.3, -0.25) is 0 Å². The number of aryl methyl sites for hydroxylation is 1. The van der Waals surface area contributed by atoms with Crippen molar-refractivity contribution in [2.24, 2.45) is 5.92 Å². The first kappa shape index (κ1) is 11.6. The molecule has 1 aromatic heterocycles. The van der Waals surface area contributed by atoms with Crippen molar-refractivity contribution in [3.63, 3.8) is 0 Å².